The van der Waals surface area contributed by atoms with E-state index in [9.17, 15) is 6.48 Å². The number of nitrogens with zero attached hydrogens (tertiary/aromatic N) is 3. The van der Waals surface area contributed by atoms with Crippen LogP contribution in [-0.2, 0) is 10.8 Å². The number of aromatic hydroxyl groups is 1. The molecular weight excluding hydrogens is 707 g/mol. The maximum atomic E-state index is 11.8. The SMILES string of the molecule is [2H]c1nc(-c2cc(-c3cccc4c3nc(-c3cc(C)cc(C)c3O)n4-c3ccc(C)cc3-c3ccc(C(C)(C)C)cc3)cc(C(C)(C)C)c2)c([2H])c(-c2c([2H])c([2H])c(C([2H])([2H])[2H])c([2H])c2[2H])c1[2H]. The summed E-state index contributed by atoms with van der Waals surface area (Å²) in [6.45, 7) is 15.6. The Morgan fingerprint density at radius 2 is 1.31 bits per heavy atom. The summed E-state index contributed by atoms with van der Waals surface area (Å²) in [4.78, 5) is 9.85. The minimum atomic E-state index is -2.96. The third-order valence-corrected chi connectivity index (χ3v) is 10.7. The van der Waals surface area contributed by atoms with Crippen LogP contribution in [0.25, 0.3) is 72.7 Å². The van der Waals surface area contributed by atoms with E-state index in [1.54, 1.807) is 0 Å². The fourth-order valence-corrected chi connectivity index (χ4v) is 7.48. The van der Waals surface area contributed by atoms with Crippen molar-refractivity contribution in [3.8, 4) is 67.5 Å². The summed E-state index contributed by atoms with van der Waals surface area (Å²) < 4.78 is 87.8. The number of para-hydroxylation sites is 1. The van der Waals surface area contributed by atoms with Crippen molar-refractivity contribution in [3.05, 3.63) is 167 Å². The van der Waals surface area contributed by atoms with Crippen LogP contribution >= 0.6 is 0 Å². The van der Waals surface area contributed by atoms with E-state index in [0.29, 0.717) is 33.6 Å². The molecule has 6 aromatic carbocycles. The van der Waals surface area contributed by atoms with Gasteiger partial charge in [0.15, 0.2) is 0 Å². The summed E-state index contributed by atoms with van der Waals surface area (Å²) >= 11 is 0. The molecule has 4 nitrogen and oxygen atoms in total. The van der Waals surface area contributed by atoms with Gasteiger partial charge in [0.05, 0.1) is 37.6 Å². The molecule has 0 saturated carbocycles. The van der Waals surface area contributed by atoms with Crippen LogP contribution in [-0.4, -0.2) is 19.6 Å². The van der Waals surface area contributed by atoms with Gasteiger partial charge in [-0.15, -0.1) is 0 Å². The highest BCUT2D eigenvalue weighted by Gasteiger charge is 2.25. The molecule has 0 fully saturated rings. The van der Waals surface area contributed by atoms with Crippen molar-refractivity contribution >= 4 is 11.0 Å². The summed E-state index contributed by atoms with van der Waals surface area (Å²) in [6.07, 6.45) is -0.564. The number of aryl methyl sites for hydroxylation is 3. The van der Waals surface area contributed by atoms with Crippen LogP contribution in [0.3, 0.4) is 0 Å². The zero-order valence-corrected chi connectivity index (χ0v) is 34.4. The molecule has 0 radical (unpaired) electrons. The van der Waals surface area contributed by atoms with E-state index in [1.807, 2.05) is 83.1 Å². The van der Waals surface area contributed by atoms with E-state index < -0.39 is 65.8 Å². The second-order valence-electron chi connectivity index (χ2n) is 17.3. The Kier molecular flexibility index (Phi) is 7.09. The Labute approximate surface area is 358 Å². The first-order valence-electron chi connectivity index (χ1n) is 24.5. The molecule has 290 valence electrons. The van der Waals surface area contributed by atoms with Crippen LogP contribution < -0.4 is 0 Å². The number of pyridine rings is 1. The van der Waals surface area contributed by atoms with Crippen LogP contribution in [0, 0.1) is 27.6 Å². The van der Waals surface area contributed by atoms with Crippen LogP contribution in [0.5, 0.6) is 5.75 Å². The fraction of sp³-hybridized carbons (Fsp3) is 0.222. The fourth-order valence-electron chi connectivity index (χ4n) is 7.48. The van der Waals surface area contributed by atoms with E-state index in [2.05, 4.69) is 79.7 Å². The number of hydrogen-bond acceptors (Lipinski definition) is 3. The quantitative estimate of drug-likeness (QED) is 0.183. The molecule has 1 N–H and O–H groups in total. The molecule has 8 rings (SSSR count). The molecular formula is C54H53N3O. The lowest BCUT2D eigenvalue weighted by Crippen LogP contribution is -2.11. The van der Waals surface area contributed by atoms with Gasteiger partial charge >= 0.3 is 0 Å². The maximum Gasteiger partial charge on any atom is 0.149 e. The number of rotatable bonds is 6. The minimum absolute atomic E-state index is 0.0366. The zero-order valence-electron chi connectivity index (χ0n) is 44.4. The molecule has 0 unspecified atom stereocenters. The van der Waals surface area contributed by atoms with Gasteiger partial charge in [-0.05, 0) is 131 Å². The summed E-state index contributed by atoms with van der Waals surface area (Å²) in [6, 6.07) is 26.3. The van der Waals surface area contributed by atoms with Gasteiger partial charge in [0.1, 0.15) is 11.6 Å². The first-order chi connectivity index (χ1) is 31.7. The largest absolute Gasteiger partial charge is 0.507 e. The number of phenolic OH excluding ortho intramolecular Hbond substituents is 1. The lowest BCUT2D eigenvalue weighted by molar-refractivity contribution is 0.472. The van der Waals surface area contributed by atoms with Gasteiger partial charge in [0, 0.05) is 27.0 Å². The molecule has 0 saturated heterocycles. The zero-order chi connectivity index (χ0) is 49.7. The Hall–Kier alpha value is -6.26. The van der Waals surface area contributed by atoms with Crippen LogP contribution in [0.4, 0.5) is 0 Å². The Morgan fingerprint density at radius 1 is 0.603 bits per heavy atom. The Balaban J connectivity index is 1.42. The van der Waals surface area contributed by atoms with Crippen molar-refractivity contribution in [2.45, 2.75) is 80.0 Å². The molecule has 8 aromatic rings. The second-order valence-corrected chi connectivity index (χ2v) is 17.3. The molecule has 4 heteroatoms. The number of aromatic nitrogens is 3. The average molecular weight is 770 g/mol. The number of hydrogen-bond donors (Lipinski definition) is 1. The molecule has 0 amide bonds. The van der Waals surface area contributed by atoms with Gasteiger partial charge in [-0.2, -0.15) is 0 Å². The first kappa shape index (κ1) is 28.2. The number of benzene rings is 6. The summed E-state index contributed by atoms with van der Waals surface area (Å²) in [7, 11) is 0. The van der Waals surface area contributed by atoms with E-state index >= 15 is 0 Å². The molecule has 0 aliphatic rings. The van der Waals surface area contributed by atoms with Crippen molar-refractivity contribution in [2.75, 3.05) is 0 Å². The molecule has 0 bridgehead atoms. The van der Waals surface area contributed by atoms with Gasteiger partial charge in [0.2, 0.25) is 0 Å². The molecule has 58 heavy (non-hydrogen) atoms. The molecule has 0 aliphatic heterocycles. The Bertz CT molecular complexity index is 3330. The smallest absolute Gasteiger partial charge is 0.149 e. The van der Waals surface area contributed by atoms with Crippen molar-refractivity contribution in [3.63, 3.8) is 0 Å². The van der Waals surface area contributed by atoms with Gasteiger partial charge in [-0.25, -0.2) is 4.98 Å². The standard InChI is InChI=1S/C54H53N3O/c1-33-14-17-37(18-15-33)39-24-25-55-47(32-39)41-29-40(30-43(31-41)54(8,9)10)44-12-11-13-49-50(44)56-52(46-28-35(3)26-36(4)51(46)58)57(49)48-23-16-34(2)27-45(48)38-19-21-42(22-20-38)53(5,6)7/h11-32,58H,1-10H3/i1D3,14D,15D,17D,18D,24D,25D,32D. The van der Waals surface area contributed by atoms with Crippen molar-refractivity contribution in [1.82, 2.24) is 14.5 Å². The summed E-state index contributed by atoms with van der Waals surface area (Å²) in [5, 5.41) is 11.8. The van der Waals surface area contributed by atoms with E-state index in [1.165, 1.54) is 5.56 Å². The molecule has 0 aliphatic carbocycles. The Morgan fingerprint density at radius 3 is 2.02 bits per heavy atom. The van der Waals surface area contributed by atoms with E-state index in [4.69, 9.17) is 17.3 Å². The van der Waals surface area contributed by atoms with Gasteiger partial charge in [-0.1, -0.05) is 131 Å². The minimum Gasteiger partial charge on any atom is -0.507 e. The average Bonchev–Trinajstić information content (AvgIpc) is 3.65. The highest BCUT2D eigenvalue weighted by molar-refractivity contribution is 5.98. The molecule has 0 spiro atoms. The van der Waals surface area contributed by atoms with Crippen LogP contribution in [0.15, 0.2) is 133 Å². The lowest BCUT2D eigenvalue weighted by atomic mass is 9.83. The van der Waals surface area contributed by atoms with Gasteiger partial charge < -0.3 is 5.11 Å². The van der Waals surface area contributed by atoms with E-state index in [-0.39, 0.29) is 22.4 Å². The predicted molar refractivity (Wildman–Crippen MR) is 244 cm³/mol. The van der Waals surface area contributed by atoms with Gasteiger partial charge in [0.25, 0.3) is 0 Å². The molecule has 2 heterocycles. The number of phenols is 1. The maximum absolute atomic E-state index is 11.8. The normalized spacial score (nSPS) is 14.7. The molecule has 0 atom stereocenters. The van der Waals surface area contributed by atoms with Crippen molar-refractivity contribution < 1.29 is 18.8 Å². The van der Waals surface area contributed by atoms with Gasteiger partial charge in [-0.3, -0.25) is 9.55 Å². The summed E-state index contributed by atoms with van der Waals surface area (Å²) in [5.41, 5.74) is 9.22. The number of fused-ring (bicyclic) bond motifs is 1. The molecule has 2 aromatic heterocycles. The second kappa shape index (κ2) is 14.6. The summed E-state index contributed by atoms with van der Waals surface area (Å²) in [5.74, 6) is 0.632. The van der Waals surface area contributed by atoms with Crippen LogP contribution in [0.1, 0.15) is 88.6 Å². The highest BCUT2D eigenvalue weighted by Crippen LogP contribution is 2.43. The third kappa shape index (κ3) is 7.36. The lowest BCUT2D eigenvalue weighted by Gasteiger charge is -2.22. The predicted octanol–water partition coefficient (Wildman–Crippen LogP) is 14.3. The highest BCUT2D eigenvalue weighted by atomic mass is 16.3. The number of imidazole rings is 1. The topological polar surface area (TPSA) is 50.9 Å². The van der Waals surface area contributed by atoms with Crippen LogP contribution in [0.2, 0.25) is 0 Å². The first-order valence-corrected chi connectivity index (χ1v) is 19.5. The van der Waals surface area contributed by atoms with Crippen molar-refractivity contribution in [1.29, 1.82) is 0 Å². The third-order valence-electron chi connectivity index (χ3n) is 10.7. The van der Waals surface area contributed by atoms with E-state index in [0.717, 1.165) is 44.6 Å². The monoisotopic (exact) mass is 769 g/mol. The van der Waals surface area contributed by atoms with Crippen molar-refractivity contribution in [2.24, 2.45) is 0 Å².